The lowest BCUT2D eigenvalue weighted by Gasteiger charge is -2.32. The molecule has 1 aliphatic rings. The van der Waals surface area contributed by atoms with E-state index >= 15 is 0 Å². The first-order valence-electron chi connectivity index (χ1n) is 6.67. The molecule has 0 amide bonds. The van der Waals surface area contributed by atoms with Gasteiger partial charge in [0.15, 0.2) is 0 Å². The molecule has 1 atom stereocenters. The molecule has 0 aliphatic carbocycles. The maximum absolute atomic E-state index is 10.6. The largest absolute Gasteiger partial charge is 0.481 e. The summed E-state index contributed by atoms with van der Waals surface area (Å²) in [5.41, 5.74) is 1.20. The molecule has 1 aromatic heterocycles. The van der Waals surface area contributed by atoms with E-state index < -0.39 is 5.97 Å². The quantitative estimate of drug-likeness (QED) is 0.903. The molecule has 1 aromatic rings. The predicted octanol–water partition coefficient (Wildman–Crippen LogP) is 2.92. The van der Waals surface area contributed by atoms with Crippen molar-refractivity contribution < 1.29 is 9.90 Å². The number of aromatic nitrogens is 1. The summed E-state index contributed by atoms with van der Waals surface area (Å²) in [7, 11) is 0. The lowest BCUT2D eigenvalue weighted by Crippen LogP contribution is -2.35. The van der Waals surface area contributed by atoms with E-state index in [1.807, 2.05) is 6.20 Å². The van der Waals surface area contributed by atoms with Crippen LogP contribution in [0.1, 0.15) is 31.2 Å². The summed E-state index contributed by atoms with van der Waals surface area (Å²) >= 11 is 3.43. The van der Waals surface area contributed by atoms with Gasteiger partial charge in [0.1, 0.15) is 0 Å². The number of piperidine rings is 1. The van der Waals surface area contributed by atoms with E-state index in [2.05, 4.69) is 31.9 Å². The highest BCUT2D eigenvalue weighted by Crippen LogP contribution is 2.22. The van der Waals surface area contributed by atoms with Crippen LogP contribution >= 0.6 is 15.9 Å². The van der Waals surface area contributed by atoms with Gasteiger partial charge in [-0.05, 0) is 59.3 Å². The van der Waals surface area contributed by atoms with Gasteiger partial charge >= 0.3 is 5.97 Å². The summed E-state index contributed by atoms with van der Waals surface area (Å²) in [4.78, 5) is 17.2. The fraction of sp³-hybridized carbons (Fsp3) is 0.571. The third kappa shape index (κ3) is 4.91. The predicted molar refractivity (Wildman–Crippen MR) is 76.8 cm³/mol. The monoisotopic (exact) mass is 326 g/mol. The molecule has 0 saturated carbocycles. The van der Waals surface area contributed by atoms with E-state index in [4.69, 9.17) is 5.11 Å². The molecule has 1 fully saturated rings. The van der Waals surface area contributed by atoms with Gasteiger partial charge in [-0.2, -0.15) is 0 Å². The van der Waals surface area contributed by atoms with Crippen LogP contribution in [0.5, 0.6) is 0 Å². The van der Waals surface area contributed by atoms with Gasteiger partial charge < -0.3 is 5.11 Å². The molecule has 2 rings (SSSR count). The first-order chi connectivity index (χ1) is 9.13. The van der Waals surface area contributed by atoms with Gasteiger partial charge in [-0.15, -0.1) is 0 Å². The average molecular weight is 327 g/mol. The van der Waals surface area contributed by atoms with Crippen LogP contribution in [0.15, 0.2) is 22.9 Å². The molecule has 0 spiro atoms. The number of rotatable bonds is 5. The fourth-order valence-electron chi connectivity index (χ4n) is 2.66. The zero-order chi connectivity index (χ0) is 13.7. The number of hydrogen-bond acceptors (Lipinski definition) is 3. The van der Waals surface area contributed by atoms with Gasteiger partial charge in [0.2, 0.25) is 0 Å². The molecule has 1 saturated heterocycles. The molecule has 19 heavy (non-hydrogen) atoms. The second-order valence-corrected chi connectivity index (χ2v) is 6.10. The number of pyridine rings is 1. The van der Waals surface area contributed by atoms with E-state index in [-0.39, 0.29) is 6.42 Å². The fourth-order valence-corrected chi connectivity index (χ4v) is 3.07. The average Bonchev–Trinajstić information content (AvgIpc) is 2.37. The van der Waals surface area contributed by atoms with Crippen LogP contribution in [0.3, 0.4) is 0 Å². The van der Waals surface area contributed by atoms with Crippen molar-refractivity contribution in [2.75, 3.05) is 13.1 Å². The standard InChI is InChI=1S/C14H19BrN2O2/c15-13-6-12(7-16-8-13)10-17-5-1-2-11(9-17)3-4-14(18)19/h6-8,11H,1-5,9-10H2,(H,18,19). The minimum Gasteiger partial charge on any atom is -0.481 e. The van der Waals surface area contributed by atoms with Crippen molar-refractivity contribution in [1.82, 2.24) is 9.88 Å². The molecular weight excluding hydrogens is 308 g/mol. The van der Waals surface area contributed by atoms with Crippen molar-refractivity contribution in [3.63, 3.8) is 0 Å². The smallest absolute Gasteiger partial charge is 0.303 e. The van der Waals surface area contributed by atoms with Crippen LogP contribution in [-0.4, -0.2) is 34.0 Å². The van der Waals surface area contributed by atoms with E-state index in [1.165, 1.54) is 5.56 Å². The maximum atomic E-state index is 10.6. The minimum atomic E-state index is -0.687. The first kappa shape index (κ1) is 14.5. The molecule has 1 aliphatic heterocycles. The van der Waals surface area contributed by atoms with Gasteiger partial charge in [0.25, 0.3) is 0 Å². The Kier molecular flexibility index (Phi) is 5.34. The van der Waals surface area contributed by atoms with E-state index in [0.717, 1.165) is 43.4 Å². The zero-order valence-corrected chi connectivity index (χ0v) is 12.5. The highest BCUT2D eigenvalue weighted by Gasteiger charge is 2.20. The summed E-state index contributed by atoms with van der Waals surface area (Å²) < 4.78 is 1.00. The molecule has 4 nitrogen and oxygen atoms in total. The molecule has 5 heteroatoms. The Bertz CT molecular complexity index is 439. The highest BCUT2D eigenvalue weighted by atomic mass is 79.9. The Labute approximate surface area is 122 Å². The second-order valence-electron chi connectivity index (χ2n) is 5.19. The van der Waals surface area contributed by atoms with Gasteiger partial charge in [-0.25, -0.2) is 0 Å². The summed E-state index contributed by atoms with van der Waals surface area (Å²) in [6, 6.07) is 2.09. The van der Waals surface area contributed by atoms with Crippen molar-refractivity contribution in [2.24, 2.45) is 5.92 Å². The summed E-state index contributed by atoms with van der Waals surface area (Å²) in [6.07, 6.45) is 7.08. The van der Waals surface area contributed by atoms with Crippen molar-refractivity contribution in [1.29, 1.82) is 0 Å². The summed E-state index contributed by atoms with van der Waals surface area (Å²) in [5, 5.41) is 8.75. The van der Waals surface area contributed by atoms with Crippen LogP contribution in [0.2, 0.25) is 0 Å². The molecule has 0 aromatic carbocycles. The molecule has 2 heterocycles. The highest BCUT2D eigenvalue weighted by molar-refractivity contribution is 9.10. The van der Waals surface area contributed by atoms with Gasteiger partial charge in [0.05, 0.1) is 0 Å². The van der Waals surface area contributed by atoms with Crippen LogP contribution in [0.4, 0.5) is 0 Å². The van der Waals surface area contributed by atoms with Crippen LogP contribution in [-0.2, 0) is 11.3 Å². The van der Waals surface area contributed by atoms with Gasteiger partial charge in [-0.3, -0.25) is 14.7 Å². The van der Waals surface area contributed by atoms with Crippen molar-refractivity contribution >= 4 is 21.9 Å². The summed E-state index contributed by atoms with van der Waals surface area (Å²) in [5.74, 6) is -0.168. The molecule has 0 radical (unpaired) electrons. The van der Waals surface area contributed by atoms with E-state index in [9.17, 15) is 4.79 Å². The second kappa shape index (κ2) is 7.01. The molecule has 0 bridgehead atoms. The number of nitrogens with zero attached hydrogens (tertiary/aromatic N) is 2. The minimum absolute atomic E-state index is 0.289. The van der Waals surface area contributed by atoms with Crippen LogP contribution < -0.4 is 0 Å². The van der Waals surface area contributed by atoms with Crippen LogP contribution in [0.25, 0.3) is 0 Å². The van der Waals surface area contributed by atoms with Crippen LogP contribution in [0, 0.1) is 5.92 Å². The number of carboxylic acids is 1. The third-order valence-electron chi connectivity index (χ3n) is 3.54. The lowest BCUT2D eigenvalue weighted by molar-refractivity contribution is -0.137. The molecular formula is C14H19BrN2O2. The Morgan fingerprint density at radius 2 is 2.37 bits per heavy atom. The Morgan fingerprint density at radius 1 is 1.53 bits per heavy atom. The lowest BCUT2D eigenvalue weighted by atomic mass is 9.93. The SMILES string of the molecule is O=C(O)CCC1CCCN(Cc2cncc(Br)c2)C1. The molecule has 104 valence electrons. The number of halogens is 1. The number of aliphatic carboxylic acids is 1. The molecule has 1 N–H and O–H groups in total. The first-order valence-corrected chi connectivity index (χ1v) is 7.46. The molecule has 1 unspecified atom stereocenters. The van der Waals surface area contributed by atoms with E-state index in [1.54, 1.807) is 6.20 Å². The van der Waals surface area contributed by atoms with Gasteiger partial charge in [0, 0.05) is 36.4 Å². The van der Waals surface area contributed by atoms with Gasteiger partial charge in [-0.1, -0.05) is 0 Å². The Morgan fingerprint density at radius 3 is 3.11 bits per heavy atom. The number of likely N-dealkylation sites (tertiary alicyclic amines) is 1. The normalized spacial score (nSPS) is 20.4. The maximum Gasteiger partial charge on any atom is 0.303 e. The Hall–Kier alpha value is -0.940. The van der Waals surface area contributed by atoms with Crippen molar-refractivity contribution in [3.8, 4) is 0 Å². The third-order valence-corrected chi connectivity index (χ3v) is 3.97. The number of carboxylic acid groups (broad SMARTS) is 1. The Balaban J connectivity index is 1.85. The summed E-state index contributed by atoms with van der Waals surface area (Å²) in [6.45, 7) is 2.99. The topological polar surface area (TPSA) is 53.4 Å². The van der Waals surface area contributed by atoms with Crippen molar-refractivity contribution in [2.45, 2.75) is 32.2 Å². The van der Waals surface area contributed by atoms with E-state index in [0.29, 0.717) is 5.92 Å². The van der Waals surface area contributed by atoms with Crippen molar-refractivity contribution in [3.05, 3.63) is 28.5 Å². The number of hydrogen-bond donors (Lipinski definition) is 1. The zero-order valence-electron chi connectivity index (χ0n) is 10.9. The number of carbonyl (C=O) groups is 1.